The molecule has 0 saturated heterocycles. The molecule has 1 fully saturated rings. The third-order valence-electron chi connectivity index (χ3n) is 6.14. The summed E-state index contributed by atoms with van der Waals surface area (Å²) in [5.41, 5.74) is 8.62. The van der Waals surface area contributed by atoms with Gasteiger partial charge < -0.3 is 29.4 Å². The second-order valence-electron chi connectivity index (χ2n) is 8.19. The number of aliphatic hydroxyl groups is 1. The van der Waals surface area contributed by atoms with Crippen molar-refractivity contribution in [1.82, 2.24) is 14.1 Å². The maximum Gasteiger partial charge on any atom is 0.250 e. The summed E-state index contributed by atoms with van der Waals surface area (Å²) in [6.45, 7) is 2.95. The number of carbonyl (C=O) groups is 1. The monoisotopic (exact) mass is 426 g/mol. The summed E-state index contributed by atoms with van der Waals surface area (Å²) in [6, 6.07) is 4.00. The SMILES string of the molecule is COCCOC1CCC(n2cc(C(C)O)c3cc(-n4ccnc4)cc(C(N)=O)c32)CC1. The molecule has 1 atom stereocenters. The van der Waals surface area contributed by atoms with E-state index in [1.54, 1.807) is 32.6 Å². The molecule has 2 aromatic heterocycles. The van der Waals surface area contributed by atoms with Crippen LogP contribution in [0.1, 0.15) is 60.7 Å². The number of nitrogens with two attached hydrogens (primary N) is 1. The Morgan fingerprint density at radius 2 is 2.06 bits per heavy atom. The predicted octanol–water partition coefficient (Wildman–Crippen LogP) is 3.13. The Kier molecular flexibility index (Phi) is 6.41. The van der Waals surface area contributed by atoms with E-state index >= 15 is 0 Å². The van der Waals surface area contributed by atoms with Crippen LogP contribution in [0.25, 0.3) is 16.6 Å². The average Bonchev–Trinajstić information content (AvgIpc) is 3.42. The number of imidazole rings is 1. The van der Waals surface area contributed by atoms with Crippen LogP contribution in [0.15, 0.2) is 37.1 Å². The summed E-state index contributed by atoms with van der Waals surface area (Å²) in [4.78, 5) is 16.5. The van der Waals surface area contributed by atoms with Gasteiger partial charge in [0.25, 0.3) is 5.91 Å². The number of rotatable bonds is 8. The summed E-state index contributed by atoms with van der Waals surface area (Å²) >= 11 is 0. The van der Waals surface area contributed by atoms with E-state index in [0.29, 0.717) is 18.8 Å². The zero-order valence-electron chi connectivity index (χ0n) is 18.0. The van der Waals surface area contributed by atoms with E-state index in [-0.39, 0.29) is 12.1 Å². The highest BCUT2D eigenvalue weighted by Gasteiger charge is 2.27. The van der Waals surface area contributed by atoms with E-state index in [1.165, 1.54) is 0 Å². The van der Waals surface area contributed by atoms with Crippen LogP contribution in [0.3, 0.4) is 0 Å². The number of hydrogen-bond acceptors (Lipinski definition) is 5. The molecule has 1 aliphatic carbocycles. The summed E-state index contributed by atoms with van der Waals surface area (Å²) in [5.74, 6) is -0.486. The van der Waals surface area contributed by atoms with Crippen molar-refractivity contribution in [3.63, 3.8) is 0 Å². The fraction of sp³-hybridized carbons (Fsp3) is 0.478. The minimum Gasteiger partial charge on any atom is -0.389 e. The van der Waals surface area contributed by atoms with E-state index in [0.717, 1.165) is 47.8 Å². The number of carbonyl (C=O) groups excluding carboxylic acids is 1. The quantitative estimate of drug-likeness (QED) is 0.539. The molecule has 0 radical (unpaired) electrons. The fourth-order valence-electron chi connectivity index (χ4n) is 4.56. The number of ether oxygens (including phenoxy) is 2. The highest BCUT2D eigenvalue weighted by atomic mass is 16.5. The van der Waals surface area contributed by atoms with Crippen molar-refractivity contribution in [3.05, 3.63) is 48.2 Å². The van der Waals surface area contributed by atoms with Crippen LogP contribution < -0.4 is 5.73 Å². The summed E-state index contributed by atoms with van der Waals surface area (Å²) in [5, 5.41) is 11.3. The van der Waals surface area contributed by atoms with Gasteiger partial charge in [0, 0.05) is 48.4 Å². The largest absolute Gasteiger partial charge is 0.389 e. The molecule has 2 heterocycles. The Hall–Kier alpha value is -2.68. The molecule has 1 aromatic carbocycles. The van der Waals surface area contributed by atoms with Crippen molar-refractivity contribution in [3.8, 4) is 5.69 Å². The summed E-state index contributed by atoms with van der Waals surface area (Å²) in [7, 11) is 1.67. The van der Waals surface area contributed by atoms with E-state index in [9.17, 15) is 9.90 Å². The maximum absolute atomic E-state index is 12.4. The van der Waals surface area contributed by atoms with Crippen LogP contribution in [-0.2, 0) is 9.47 Å². The molecule has 3 N–H and O–H groups in total. The Bertz CT molecular complexity index is 1030. The number of fused-ring (bicyclic) bond motifs is 1. The minimum absolute atomic E-state index is 0.217. The highest BCUT2D eigenvalue weighted by molar-refractivity contribution is 6.07. The summed E-state index contributed by atoms with van der Waals surface area (Å²) in [6.07, 6.45) is 10.5. The molecule has 1 aliphatic rings. The van der Waals surface area contributed by atoms with Crippen LogP contribution in [0, 0.1) is 0 Å². The molecule has 31 heavy (non-hydrogen) atoms. The molecule has 0 aliphatic heterocycles. The zero-order valence-corrected chi connectivity index (χ0v) is 18.0. The number of aliphatic hydroxyl groups excluding tert-OH is 1. The molecule has 0 bridgehead atoms. The molecule has 8 heteroatoms. The molecule has 8 nitrogen and oxygen atoms in total. The maximum atomic E-state index is 12.4. The van der Waals surface area contributed by atoms with E-state index in [4.69, 9.17) is 15.2 Å². The summed E-state index contributed by atoms with van der Waals surface area (Å²) < 4.78 is 14.9. The van der Waals surface area contributed by atoms with Crippen molar-refractivity contribution in [2.24, 2.45) is 5.73 Å². The average molecular weight is 427 g/mol. The lowest BCUT2D eigenvalue weighted by molar-refractivity contribution is -0.00622. The van der Waals surface area contributed by atoms with Gasteiger partial charge in [0.05, 0.1) is 42.8 Å². The van der Waals surface area contributed by atoms with Gasteiger partial charge in [-0.25, -0.2) is 4.98 Å². The number of amides is 1. The topological polar surface area (TPSA) is 105 Å². The van der Waals surface area contributed by atoms with Gasteiger partial charge in [-0.3, -0.25) is 4.79 Å². The molecule has 0 spiro atoms. The molecule has 166 valence electrons. The number of primary amides is 1. The van der Waals surface area contributed by atoms with Gasteiger partial charge in [0.1, 0.15) is 0 Å². The first kappa shape index (κ1) is 21.5. The number of methoxy groups -OCH3 is 1. The van der Waals surface area contributed by atoms with Gasteiger partial charge in [-0.05, 0) is 44.7 Å². The molecule has 1 unspecified atom stereocenters. The number of benzene rings is 1. The zero-order chi connectivity index (χ0) is 22.0. The van der Waals surface area contributed by atoms with Crippen LogP contribution in [0.4, 0.5) is 0 Å². The number of nitrogens with zero attached hydrogens (tertiary/aromatic N) is 3. The van der Waals surface area contributed by atoms with E-state index < -0.39 is 12.0 Å². The first-order valence-electron chi connectivity index (χ1n) is 10.7. The Morgan fingerprint density at radius 3 is 2.68 bits per heavy atom. The fourth-order valence-corrected chi connectivity index (χ4v) is 4.56. The van der Waals surface area contributed by atoms with Gasteiger partial charge >= 0.3 is 0 Å². The van der Waals surface area contributed by atoms with Gasteiger partial charge in [-0.2, -0.15) is 0 Å². The second-order valence-corrected chi connectivity index (χ2v) is 8.19. The van der Waals surface area contributed by atoms with Crippen molar-refractivity contribution >= 4 is 16.8 Å². The van der Waals surface area contributed by atoms with Crippen LogP contribution in [0.5, 0.6) is 0 Å². The van der Waals surface area contributed by atoms with Crippen LogP contribution >= 0.6 is 0 Å². The van der Waals surface area contributed by atoms with E-state index in [2.05, 4.69) is 9.55 Å². The van der Waals surface area contributed by atoms with E-state index in [1.807, 2.05) is 23.0 Å². The number of hydrogen-bond donors (Lipinski definition) is 2. The first-order chi connectivity index (χ1) is 15.0. The Morgan fingerprint density at radius 1 is 1.29 bits per heavy atom. The lowest BCUT2D eigenvalue weighted by Crippen LogP contribution is -2.25. The van der Waals surface area contributed by atoms with Crippen molar-refractivity contribution in [1.29, 1.82) is 0 Å². The van der Waals surface area contributed by atoms with Gasteiger partial charge in [0.15, 0.2) is 0 Å². The first-order valence-corrected chi connectivity index (χ1v) is 10.7. The molecule has 1 amide bonds. The van der Waals surface area contributed by atoms with Crippen molar-refractivity contribution in [2.45, 2.75) is 50.9 Å². The van der Waals surface area contributed by atoms with Crippen LogP contribution in [-0.4, -0.2) is 51.6 Å². The van der Waals surface area contributed by atoms with Gasteiger partial charge in [-0.15, -0.1) is 0 Å². The van der Waals surface area contributed by atoms with Crippen molar-refractivity contribution in [2.75, 3.05) is 20.3 Å². The van der Waals surface area contributed by atoms with Gasteiger partial charge in [0.2, 0.25) is 0 Å². The lowest BCUT2D eigenvalue weighted by Gasteiger charge is -2.30. The standard InChI is InChI=1S/C23H30N4O4/c1-15(28)21-13-27(16-3-5-18(6-4-16)31-10-9-30-2)22-19(21)11-17(12-20(22)23(24)29)26-8-7-25-14-26/h7-8,11-16,18,28H,3-6,9-10H2,1-2H3,(H2,24,29). The number of aromatic nitrogens is 3. The highest BCUT2D eigenvalue weighted by Crippen LogP contribution is 2.38. The smallest absolute Gasteiger partial charge is 0.250 e. The molecular weight excluding hydrogens is 396 g/mol. The molecule has 3 aromatic rings. The minimum atomic E-state index is -0.670. The predicted molar refractivity (Wildman–Crippen MR) is 117 cm³/mol. The molecule has 1 saturated carbocycles. The van der Waals surface area contributed by atoms with Gasteiger partial charge in [-0.1, -0.05) is 0 Å². The second kappa shape index (κ2) is 9.21. The molecular formula is C23H30N4O4. The third-order valence-corrected chi connectivity index (χ3v) is 6.14. The Balaban J connectivity index is 1.72. The molecule has 4 rings (SSSR count). The lowest BCUT2D eigenvalue weighted by atomic mass is 9.92. The Labute approximate surface area is 181 Å². The normalized spacial score (nSPS) is 20.2. The third kappa shape index (κ3) is 4.37. The van der Waals surface area contributed by atoms with Crippen LogP contribution in [0.2, 0.25) is 0 Å². The van der Waals surface area contributed by atoms with Crippen molar-refractivity contribution < 1.29 is 19.4 Å².